The van der Waals surface area contributed by atoms with Crippen molar-refractivity contribution in [2.24, 2.45) is 5.92 Å². The van der Waals surface area contributed by atoms with Crippen LogP contribution in [0.3, 0.4) is 0 Å². The van der Waals surface area contributed by atoms with E-state index >= 15 is 0 Å². The number of amides is 3. The third-order valence-electron chi connectivity index (χ3n) is 3.50. The van der Waals surface area contributed by atoms with Crippen LogP contribution in [0.5, 0.6) is 0 Å². The fourth-order valence-corrected chi connectivity index (χ4v) is 2.34. The minimum atomic E-state index is -0.628. The molecule has 2 N–H and O–H groups in total. The van der Waals surface area contributed by atoms with E-state index in [2.05, 4.69) is 10.6 Å². The Bertz CT molecular complexity index is 468. The number of ether oxygens (including phenoxy) is 1. The van der Waals surface area contributed by atoms with Crippen LogP contribution in [0.25, 0.3) is 0 Å². The maximum Gasteiger partial charge on any atom is 0.407 e. The Morgan fingerprint density at radius 1 is 1.26 bits per heavy atom. The van der Waals surface area contributed by atoms with Gasteiger partial charge in [-0.25, -0.2) is 4.79 Å². The molecule has 132 valence electrons. The summed E-state index contributed by atoms with van der Waals surface area (Å²) in [5, 5.41) is 5.54. The van der Waals surface area contributed by atoms with E-state index in [0.717, 1.165) is 0 Å². The maximum atomic E-state index is 12.3. The highest BCUT2D eigenvalue weighted by Gasteiger charge is 2.35. The van der Waals surface area contributed by atoms with E-state index in [1.165, 1.54) is 0 Å². The molecular weight excluding hydrogens is 298 g/mol. The molecule has 0 unspecified atom stereocenters. The van der Waals surface area contributed by atoms with Gasteiger partial charge in [-0.3, -0.25) is 9.59 Å². The molecule has 7 heteroatoms. The predicted octanol–water partition coefficient (Wildman–Crippen LogP) is 1.27. The molecule has 7 nitrogen and oxygen atoms in total. The van der Waals surface area contributed by atoms with E-state index in [9.17, 15) is 14.4 Å². The molecule has 0 saturated carbocycles. The van der Waals surface area contributed by atoms with Crippen molar-refractivity contribution >= 4 is 17.9 Å². The van der Waals surface area contributed by atoms with Crippen LogP contribution in [0.2, 0.25) is 0 Å². The number of rotatable bonds is 5. The zero-order valence-electron chi connectivity index (χ0n) is 15.0. The summed E-state index contributed by atoms with van der Waals surface area (Å²) in [6.45, 7) is 12.2. The molecule has 1 rings (SSSR count). The van der Waals surface area contributed by atoms with Gasteiger partial charge in [-0.05, 0) is 41.5 Å². The average molecular weight is 327 g/mol. The van der Waals surface area contributed by atoms with Crippen molar-refractivity contribution in [3.63, 3.8) is 0 Å². The number of hydrogen-bond donors (Lipinski definition) is 2. The van der Waals surface area contributed by atoms with E-state index in [1.807, 2.05) is 20.8 Å². The number of carbonyl (C=O) groups is 3. The van der Waals surface area contributed by atoms with Crippen LogP contribution in [0, 0.1) is 5.92 Å². The van der Waals surface area contributed by atoms with Crippen molar-refractivity contribution in [1.29, 1.82) is 0 Å². The number of nitrogens with one attached hydrogen (secondary N) is 2. The summed E-state index contributed by atoms with van der Waals surface area (Å²) in [6.07, 6.45) is -0.275. The second kappa shape index (κ2) is 7.19. The number of nitrogens with zero attached hydrogens (tertiary/aromatic N) is 1. The van der Waals surface area contributed by atoms with Crippen LogP contribution in [-0.4, -0.2) is 53.6 Å². The van der Waals surface area contributed by atoms with Crippen LogP contribution in [-0.2, 0) is 14.3 Å². The summed E-state index contributed by atoms with van der Waals surface area (Å²) in [5.41, 5.74) is -1.19. The minimum absolute atomic E-state index is 0.0114. The first kappa shape index (κ1) is 19.3. The summed E-state index contributed by atoms with van der Waals surface area (Å²) in [5.74, 6) is -0.481. The van der Waals surface area contributed by atoms with Gasteiger partial charge in [-0.2, -0.15) is 0 Å². The largest absolute Gasteiger partial charge is 0.444 e. The zero-order chi connectivity index (χ0) is 17.8. The van der Waals surface area contributed by atoms with Gasteiger partial charge in [0, 0.05) is 26.1 Å². The van der Waals surface area contributed by atoms with Crippen molar-refractivity contribution < 1.29 is 19.1 Å². The summed E-state index contributed by atoms with van der Waals surface area (Å²) in [6, 6.07) is 0. The molecule has 23 heavy (non-hydrogen) atoms. The second-order valence-electron chi connectivity index (χ2n) is 7.56. The molecule has 0 spiro atoms. The molecule has 0 aromatic heterocycles. The quantitative estimate of drug-likeness (QED) is 0.796. The summed E-state index contributed by atoms with van der Waals surface area (Å²) < 4.78 is 5.17. The smallest absolute Gasteiger partial charge is 0.407 e. The number of likely N-dealkylation sites (tertiary alicyclic amines) is 1. The van der Waals surface area contributed by atoms with E-state index in [0.29, 0.717) is 13.1 Å². The average Bonchev–Trinajstić information content (AvgIpc) is 2.75. The Hall–Kier alpha value is -1.79. The van der Waals surface area contributed by atoms with Crippen molar-refractivity contribution in [2.45, 2.75) is 59.1 Å². The van der Waals surface area contributed by atoms with E-state index in [-0.39, 0.29) is 30.7 Å². The Morgan fingerprint density at radius 3 is 2.35 bits per heavy atom. The van der Waals surface area contributed by atoms with Gasteiger partial charge in [0.1, 0.15) is 5.60 Å². The highest BCUT2D eigenvalue weighted by Crippen LogP contribution is 2.18. The Morgan fingerprint density at radius 2 is 1.87 bits per heavy atom. The lowest BCUT2D eigenvalue weighted by Crippen LogP contribution is -2.53. The molecule has 1 aliphatic heterocycles. The first-order chi connectivity index (χ1) is 10.4. The molecule has 0 aromatic carbocycles. The molecule has 3 amide bonds. The Balaban J connectivity index is 2.47. The van der Waals surface area contributed by atoms with Gasteiger partial charge in [-0.15, -0.1) is 0 Å². The molecule has 1 fully saturated rings. The molecule has 1 atom stereocenters. The predicted molar refractivity (Wildman–Crippen MR) is 86.8 cm³/mol. The van der Waals surface area contributed by atoms with Crippen molar-refractivity contribution in [2.75, 3.05) is 19.6 Å². The molecule has 1 aliphatic rings. The SMILES string of the molecule is CCN1C[C@@H](C(=O)NC(C)(C)CNC(=O)OC(C)(C)C)CC1=O. The minimum Gasteiger partial charge on any atom is -0.444 e. The van der Waals surface area contributed by atoms with E-state index in [4.69, 9.17) is 4.74 Å². The van der Waals surface area contributed by atoms with Gasteiger partial charge < -0.3 is 20.3 Å². The lowest BCUT2D eigenvalue weighted by molar-refractivity contribution is -0.129. The van der Waals surface area contributed by atoms with Gasteiger partial charge >= 0.3 is 6.09 Å². The number of alkyl carbamates (subject to hydrolysis) is 1. The molecule has 0 radical (unpaired) electrons. The Kier molecular flexibility index (Phi) is 6.02. The summed E-state index contributed by atoms with van der Waals surface area (Å²) >= 11 is 0. The zero-order valence-corrected chi connectivity index (χ0v) is 15.0. The fraction of sp³-hybridized carbons (Fsp3) is 0.812. The van der Waals surface area contributed by atoms with Gasteiger partial charge in [0.2, 0.25) is 11.8 Å². The topological polar surface area (TPSA) is 87.7 Å². The first-order valence-electron chi connectivity index (χ1n) is 8.00. The van der Waals surface area contributed by atoms with Crippen molar-refractivity contribution in [1.82, 2.24) is 15.5 Å². The van der Waals surface area contributed by atoms with Crippen LogP contribution in [0.15, 0.2) is 0 Å². The van der Waals surface area contributed by atoms with E-state index in [1.54, 1.807) is 25.7 Å². The van der Waals surface area contributed by atoms with Crippen molar-refractivity contribution in [3.05, 3.63) is 0 Å². The third kappa shape index (κ3) is 6.46. The molecule has 0 bridgehead atoms. The lowest BCUT2D eigenvalue weighted by atomic mass is 10.0. The maximum absolute atomic E-state index is 12.3. The van der Waals surface area contributed by atoms with Gasteiger partial charge in [0.25, 0.3) is 0 Å². The van der Waals surface area contributed by atoms with Gasteiger partial charge in [0.15, 0.2) is 0 Å². The fourth-order valence-electron chi connectivity index (χ4n) is 2.34. The second-order valence-corrected chi connectivity index (χ2v) is 7.56. The molecular formula is C16H29N3O4. The van der Waals surface area contributed by atoms with Crippen LogP contribution >= 0.6 is 0 Å². The number of hydrogen-bond acceptors (Lipinski definition) is 4. The standard InChI is InChI=1S/C16H29N3O4/c1-7-19-9-11(8-12(19)20)13(21)18-16(5,6)10-17-14(22)23-15(2,3)4/h11H,7-10H2,1-6H3,(H,17,22)(H,18,21)/t11-/m0/s1. The van der Waals surface area contributed by atoms with E-state index < -0.39 is 17.2 Å². The van der Waals surface area contributed by atoms with Gasteiger partial charge in [-0.1, -0.05) is 0 Å². The first-order valence-corrected chi connectivity index (χ1v) is 8.00. The molecule has 0 aliphatic carbocycles. The van der Waals surface area contributed by atoms with Gasteiger partial charge in [0.05, 0.1) is 11.5 Å². The summed E-state index contributed by atoms with van der Waals surface area (Å²) in [7, 11) is 0. The number of carbonyl (C=O) groups excluding carboxylic acids is 3. The van der Waals surface area contributed by atoms with Crippen LogP contribution in [0.4, 0.5) is 4.79 Å². The van der Waals surface area contributed by atoms with Crippen molar-refractivity contribution in [3.8, 4) is 0 Å². The van der Waals surface area contributed by atoms with Crippen LogP contribution < -0.4 is 10.6 Å². The molecule has 1 heterocycles. The lowest BCUT2D eigenvalue weighted by Gasteiger charge is -2.29. The highest BCUT2D eigenvalue weighted by molar-refractivity contribution is 5.89. The monoisotopic (exact) mass is 327 g/mol. The summed E-state index contributed by atoms with van der Waals surface area (Å²) in [4.78, 5) is 37.4. The molecule has 0 aromatic rings. The van der Waals surface area contributed by atoms with Crippen LogP contribution in [0.1, 0.15) is 48.0 Å². The Labute approximate surface area is 138 Å². The highest BCUT2D eigenvalue weighted by atomic mass is 16.6. The molecule has 1 saturated heterocycles. The third-order valence-corrected chi connectivity index (χ3v) is 3.50. The normalized spacial score (nSPS) is 18.8.